The molecule has 1 aliphatic heterocycles. The highest BCUT2D eigenvalue weighted by Gasteiger charge is 2.37. The van der Waals surface area contributed by atoms with Crippen LogP contribution < -0.4 is 5.32 Å². The number of hydrogen-bond donors (Lipinski definition) is 1. The van der Waals surface area contributed by atoms with Crippen LogP contribution in [-0.2, 0) is 14.3 Å². The van der Waals surface area contributed by atoms with Gasteiger partial charge in [0.05, 0.1) is 5.56 Å². The third-order valence-electron chi connectivity index (χ3n) is 3.86. The molecule has 1 N–H and O–H groups in total. The fourth-order valence-corrected chi connectivity index (χ4v) is 2.62. The molecule has 0 fully saturated rings. The molecular formula is C19H16ClNO4. The Kier molecular flexibility index (Phi) is 4.76. The Morgan fingerprint density at radius 1 is 1.08 bits per heavy atom. The van der Waals surface area contributed by atoms with Crippen molar-refractivity contribution >= 4 is 29.2 Å². The van der Waals surface area contributed by atoms with Gasteiger partial charge in [0, 0.05) is 5.69 Å². The first-order valence-corrected chi connectivity index (χ1v) is 8.05. The minimum absolute atomic E-state index is 0.133. The number of ether oxygens (including phenoxy) is 2. The highest BCUT2D eigenvalue weighted by Crippen LogP contribution is 2.29. The summed E-state index contributed by atoms with van der Waals surface area (Å²) < 4.78 is 10.4. The predicted octanol–water partition coefficient (Wildman–Crippen LogP) is 3.91. The molecule has 0 spiro atoms. The number of hydrogen-bond acceptors (Lipinski definition) is 5. The highest BCUT2D eigenvalue weighted by atomic mass is 35.5. The van der Waals surface area contributed by atoms with Crippen LogP contribution in [0.4, 0.5) is 5.69 Å². The van der Waals surface area contributed by atoms with E-state index in [-0.39, 0.29) is 10.7 Å². The molecule has 128 valence electrons. The van der Waals surface area contributed by atoms with Gasteiger partial charge >= 0.3 is 11.9 Å². The van der Waals surface area contributed by atoms with E-state index in [9.17, 15) is 9.59 Å². The summed E-state index contributed by atoms with van der Waals surface area (Å²) >= 11 is 6.04. The molecule has 2 aromatic carbocycles. The first-order chi connectivity index (χ1) is 12.0. The Balaban J connectivity index is 1.84. The second-order valence-electron chi connectivity index (χ2n) is 5.63. The van der Waals surface area contributed by atoms with Crippen molar-refractivity contribution in [3.05, 3.63) is 76.0 Å². The van der Waals surface area contributed by atoms with Gasteiger partial charge in [-0.2, -0.15) is 0 Å². The quantitative estimate of drug-likeness (QED) is 0.840. The normalized spacial score (nSPS) is 16.6. The number of nitrogens with one attached hydrogen (secondary N) is 1. The van der Waals surface area contributed by atoms with Gasteiger partial charge in [-0.1, -0.05) is 48.0 Å². The lowest BCUT2D eigenvalue weighted by Gasteiger charge is -2.17. The minimum Gasteiger partial charge on any atom is -0.415 e. The zero-order valence-electron chi connectivity index (χ0n) is 13.7. The van der Waals surface area contributed by atoms with Gasteiger partial charge in [-0.3, -0.25) is 0 Å². The van der Waals surface area contributed by atoms with Gasteiger partial charge in [0.2, 0.25) is 0 Å². The van der Waals surface area contributed by atoms with E-state index in [2.05, 4.69) is 5.32 Å². The number of halogens is 1. The molecule has 0 unspecified atom stereocenters. The fraction of sp³-hybridized carbons (Fsp3) is 0.158. The average Bonchev–Trinajstić information content (AvgIpc) is 2.84. The minimum atomic E-state index is -1.22. The average molecular weight is 358 g/mol. The Morgan fingerprint density at radius 2 is 1.72 bits per heavy atom. The van der Waals surface area contributed by atoms with Gasteiger partial charge in [-0.05, 0) is 37.1 Å². The number of esters is 2. The van der Waals surface area contributed by atoms with E-state index in [4.69, 9.17) is 21.1 Å². The molecule has 1 heterocycles. The first kappa shape index (κ1) is 17.0. The summed E-state index contributed by atoms with van der Waals surface area (Å²) in [4.78, 5) is 24.2. The van der Waals surface area contributed by atoms with Gasteiger partial charge in [0.15, 0.2) is 5.03 Å². The van der Waals surface area contributed by atoms with Crippen molar-refractivity contribution in [1.29, 1.82) is 0 Å². The summed E-state index contributed by atoms with van der Waals surface area (Å²) in [7, 11) is 0. The van der Waals surface area contributed by atoms with Crippen LogP contribution in [0.15, 0.2) is 59.3 Å². The Bertz CT molecular complexity index is 875. The molecule has 25 heavy (non-hydrogen) atoms. The zero-order chi connectivity index (χ0) is 18.0. The smallest absolute Gasteiger partial charge is 0.355 e. The lowest BCUT2D eigenvalue weighted by molar-refractivity contribution is -0.152. The summed E-state index contributed by atoms with van der Waals surface area (Å²) in [5, 5.41) is 2.90. The number of aryl methyl sites for hydroxylation is 2. The van der Waals surface area contributed by atoms with Crippen LogP contribution in [-0.4, -0.2) is 18.2 Å². The van der Waals surface area contributed by atoms with Crippen LogP contribution in [0.25, 0.3) is 0 Å². The largest absolute Gasteiger partial charge is 0.415 e. The lowest BCUT2D eigenvalue weighted by Crippen LogP contribution is -2.24. The molecule has 0 radical (unpaired) electrons. The molecule has 0 saturated heterocycles. The molecule has 0 aliphatic carbocycles. The number of carbonyl (C=O) groups excluding carboxylic acids is 2. The van der Waals surface area contributed by atoms with Crippen LogP contribution in [0, 0.1) is 13.8 Å². The van der Waals surface area contributed by atoms with Crippen LogP contribution in [0.2, 0.25) is 0 Å². The number of cyclic esters (lactones) is 1. The molecule has 1 aliphatic rings. The van der Waals surface area contributed by atoms with Crippen LogP contribution >= 0.6 is 11.6 Å². The third-order valence-corrected chi connectivity index (χ3v) is 4.22. The van der Waals surface area contributed by atoms with E-state index in [0.29, 0.717) is 5.56 Å². The molecule has 2 aromatic rings. The van der Waals surface area contributed by atoms with Crippen molar-refractivity contribution in [2.45, 2.75) is 20.1 Å². The van der Waals surface area contributed by atoms with Gasteiger partial charge in [0.1, 0.15) is 5.70 Å². The number of rotatable bonds is 4. The van der Waals surface area contributed by atoms with Gasteiger partial charge in [-0.25, -0.2) is 9.59 Å². The molecule has 6 heteroatoms. The Morgan fingerprint density at radius 3 is 2.40 bits per heavy atom. The standard InChI is InChI=1S/C19H16ClNO4/c1-11-7-3-5-9-13(11)17(22)24-19-16(15(20)18(23)25-19)21-14-10-6-4-8-12(14)2/h3-10,19,21H,1-2H3/t19-/m0/s1. The second-order valence-corrected chi connectivity index (χ2v) is 6.00. The summed E-state index contributed by atoms with van der Waals surface area (Å²) in [6, 6.07) is 14.5. The van der Waals surface area contributed by atoms with Gasteiger partial charge < -0.3 is 14.8 Å². The van der Waals surface area contributed by atoms with Crippen molar-refractivity contribution in [2.75, 3.05) is 5.32 Å². The van der Waals surface area contributed by atoms with Crippen LogP contribution in [0.3, 0.4) is 0 Å². The van der Waals surface area contributed by atoms with Crippen molar-refractivity contribution in [1.82, 2.24) is 0 Å². The second kappa shape index (κ2) is 6.99. The summed E-state index contributed by atoms with van der Waals surface area (Å²) in [6.45, 7) is 3.70. The Labute approximate surface area is 150 Å². The van der Waals surface area contributed by atoms with Crippen molar-refractivity contribution < 1.29 is 19.1 Å². The third kappa shape index (κ3) is 3.51. The summed E-state index contributed by atoms with van der Waals surface area (Å²) in [5.41, 5.74) is 3.06. The van der Waals surface area contributed by atoms with E-state index in [1.807, 2.05) is 37.3 Å². The van der Waals surface area contributed by atoms with Crippen molar-refractivity contribution in [3.8, 4) is 0 Å². The molecule has 0 aromatic heterocycles. The SMILES string of the molecule is Cc1ccccc1NC1=C(Cl)C(=O)O[C@@H]1OC(=O)c1ccccc1C. The Hall–Kier alpha value is -2.79. The number of para-hydroxylation sites is 1. The highest BCUT2D eigenvalue weighted by molar-refractivity contribution is 6.42. The summed E-state index contributed by atoms with van der Waals surface area (Å²) in [6.07, 6.45) is -1.22. The van der Waals surface area contributed by atoms with Crippen molar-refractivity contribution in [3.63, 3.8) is 0 Å². The maximum absolute atomic E-state index is 12.4. The lowest BCUT2D eigenvalue weighted by atomic mass is 10.1. The van der Waals surface area contributed by atoms with E-state index in [1.165, 1.54) is 0 Å². The van der Waals surface area contributed by atoms with Crippen LogP contribution in [0.5, 0.6) is 0 Å². The number of anilines is 1. The van der Waals surface area contributed by atoms with E-state index in [1.54, 1.807) is 25.1 Å². The van der Waals surface area contributed by atoms with Gasteiger partial charge in [-0.15, -0.1) is 0 Å². The predicted molar refractivity (Wildman–Crippen MR) is 94.2 cm³/mol. The molecule has 5 nitrogen and oxygen atoms in total. The number of carbonyl (C=O) groups is 2. The maximum Gasteiger partial charge on any atom is 0.355 e. The monoisotopic (exact) mass is 357 g/mol. The fourth-order valence-electron chi connectivity index (χ4n) is 2.44. The number of benzene rings is 2. The van der Waals surface area contributed by atoms with Crippen LogP contribution in [0.1, 0.15) is 21.5 Å². The molecular weight excluding hydrogens is 342 g/mol. The van der Waals surface area contributed by atoms with E-state index in [0.717, 1.165) is 16.8 Å². The summed E-state index contributed by atoms with van der Waals surface area (Å²) in [5.74, 6) is -1.33. The van der Waals surface area contributed by atoms with Gasteiger partial charge in [0.25, 0.3) is 6.29 Å². The van der Waals surface area contributed by atoms with E-state index >= 15 is 0 Å². The molecule has 1 atom stereocenters. The maximum atomic E-state index is 12.4. The molecule has 3 rings (SSSR count). The molecule has 0 amide bonds. The molecule has 0 bridgehead atoms. The molecule has 0 saturated carbocycles. The van der Waals surface area contributed by atoms with E-state index < -0.39 is 18.2 Å². The topological polar surface area (TPSA) is 64.6 Å². The van der Waals surface area contributed by atoms with Crippen molar-refractivity contribution in [2.24, 2.45) is 0 Å². The first-order valence-electron chi connectivity index (χ1n) is 7.67. The zero-order valence-corrected chi connectivity index (χ0v) is 14.5.